The van der Waals surface area contributed by atoms with E-state index < -0.39 is 0 Å². The second-order valence-electron chi connectivity index (χ2n) is 4.33. The average Bonchev–Trinajstić information content (AvgIpc) is 2.70. The molecule has 0 radical (unpaired) electrons. The Morgan fingerprint density at radius 3 is 2.61 bits per heavy atom. The molecule has 1 aromatic heterocycles. The van der Waals surface area contributed by atoms with Gasteiger partial charge in [0.15, 0.2) is 0 Å². The molecule has 0 spiro atoms. The Morgan fingerprint density at radius 2 is 2.00 bits per heavy atom. The lowest BCUT2D eigenvalue weighted by atomic mass is 10.2. The van der Waals surface area contributed by atoms with Crippen molar-refractivity contribution in [2.75, 3.05) is 19.1 Å². The predicted octanol–water partition coefficient (Wildman–Crippen LogP) is 2.94. The first-order valence-corrected chi connectivity index (χ1v) is 5.89. The fourth-order valence-corrected chi connectivity index (χ4v) is 2.00. The molecule has 0 atom stereocenters. The van der Waals surface area contributed by atoms with Crippen LogP contribution in [0.4, 0.5) is 5.69 Å². The highest BCUT2D eigenvalue weighted by atomic mass is 16.5. The zero-order chi connectivity index (χ0) is 13.1. The molecule has 0 aliphatic carbocycles. The van der Waals surface area contributed by atoms with Crippen molar-refractivity contribution in [2.45, 2.75) is 20.4 Å². The second kappa shape index (κ2) is 5.12. The highest BCUT2D eigenvalue weighted by molar-refractivity contribution is 5.58. The Hall–Kier alpha value is -1.97. The van der Waals surface area contributed by atoms with Crippen LogP contribution in [0.1, 0.15) is 17.0 Å². The van der Waals surface area contributed by atoms with Gasteiger partial charge in [0.25, 0.3) is 0 Å². The van der Waals surface area contributed by atoms with Gasteiger partial charge in [0.1, 0.15) is 11.5 Å². The van der Waals surface area contributed by atoms with Crippen molar-refractivity contribution in [2.24, 2.45) is 0 Å². The lowest BCUT2D eigenvalue weighted by Gasteiger charge is -2.21. The minimum Gasteiger partial charge on any atom is -0.495 e. The SMILES string of the molecule is COc1ccccc1N(C)Cc1c(C)noc1C. The number of aryl methyl sites for hydroxylation is 2. The molecule has 0 fully saturated rings. The molecule has 4 nitrogen and oxygen atoms in total. The lowest BCUT2D eigenvalue weighted by Crippen LogP contribution is -2.17. The number of hydrogen-bond acceptors (Lipinski definition) is 4. The Labute approximate surface area is 107 Å². The summed E-state index contributed by atoms with van der Waals surface area (Å²) in [7, 11) is 3.71. The Bertz CT molecular complexity index is 515. The highest BCUT2D eigenvalue weighted by Gasteiger charge is 2.13. The Balaban J connectivity index is 2.24. The van der Waals surface area contributed by atoms with Crippen LogP contribution in [0.3, 0.4) is 0 Å². The molecule has 0 unspecified atom stereocenters. The van der Waals surface area contributed by atoms with Crippen LogP contribution in [0.15, 0.2) is 28.8 Å². The van der Waals surface area contributed by atoms with Gasteiger partial charge in [-0.2, -0.15) is 0 Å². The monoisotopic (exact) mass is 246 g/mol. The van der Waals surface area contributed by atoms with Crippen LogP contribution in [0.25, 0.3) is 0 Å². The normalized spacial score (nSPS) is 10.4. The summed E-state index contributed by atoms with van der Waals surface area (Å²) in [6, 6.07) is 7.96. The third kappa shape index (κ3) is 2.32. The van der Waals surface area contributed by atoms with E-state index in [1.54, 1.807) is 7.11 Å². The zero-order valence-electron chi connectivity index (χ0n) is 11.2. The smallest absolute Gasteiger partial charge is 0.142 e. The summed E-state index contributed by atoms with van der Waals surface area (Å²) in [5, 5.41) is 3.97. The summed E-state index contributed by atoms with van der Waals surface area (Å²) in [5.74, 6) is 1.74. The molecule has 1 aromatic carbocycles. The minimum absolute atomic E-state index is 0.752. The summed E-state index contributed by atoms with van der Waals surface area (Å²) in [5.41, 5.74) is 3.12. The van der Waals surface area contributed by atoms with Gasteiger partial charge in [-0.05, 0) is 26.0 Å². The third-order valence-electron chi connectivity index (χ3n) is 3.07. The molecule has 0 saturated carbocycles. The van der Waals surface area contributed by atoms with E-state index >= 15 is 0 Å². The third-order valence-corrected chi connectivity index (χ3v) is 3.07. The fraction of sp³-hybridized carbons (Fsp3) is 0.357. The molecule has 96 valence electrons. The van der Waals surface area contributed by atoms with Crippen molar-refractivity contribution >= 4 is 5.69 Å². The van der Waals surface area contributed by atoms with E-state index in [1.165, 1.54) is 0 Å². The van der Waals surface area contributed by atoms with Crippen LogP contribution in [0, 0.1) is 13.8 Å². The van der Waals surface area contributed by atoms with Crippen molar-refractivity contribution in [3.63, 3.8) is 0 Å². The van der Waals surface area contributed by atoms with Crippen LogP contribution in [0.5, 0.6) is 5.75 Å². The largest absolute Gasteiger partial charge is 0.495 e. The fourth-order valence-electron chi connectivity index (χ4n) is 2.00. The van der Waals surface area contributed by atoms with Crippen molar-refractivity contribution in [3.05, 3.63) is 41.3 Å². The maximum atomic E-state index is 5.37. The van der Waals surface area contributed by atoms with Gasteiger partial charge >= 0.3 is 0 Å². The number of anilines is 1. The number of benzene rings is 1. The van der Waals surface area contributed by atoms with E-state index in [1.807, 2.05) is 45.2 Å². The van der Waals surface area contributed by atoms with Crippen LogP contribution >= 0.6 is 0 Å². The van der Waals surface area contributed by atoms with E-state index in [2.05, 4.69) is 10.1 Å². The molecule has 2 rings (SSSR count). The molecular weight excluding hydrogens is 228 g/mol. The minimum atomic E-state index is 0.752. The van der Waals surface area contributed by atoms with Gasteiger partial charge in [-0.15, -0.1) is 0 Å². The van der Waals surface area contributed by atoms with Gasteiger partial charge in [0.2, 0.25) is 0 Å². The van der Waals surface area contributed by atoms with E-state index in [-0.39, 0.29) is 0 Å². The summed E-state index contributed by atoms with van der Waals surface area (Å²) in [4.78, 5) is 2.13. The van der Waals surface area contributed by atoms with E-state index in [4.69, 9.17) is 9.26 Å². The second-order valence-corrected chi connectivity index (χ2v) is 4.33. The summed E-state index contributed by atoms with van der Waals surface area (Å²) < 4.78 is 10.5. The molecule has 2 aromatic rings. The number of methoxy groups -OCH3 is 1. The Morgan fingerprint density at radius 1 is 1.28 bits per heavy atom. The summed E-state index contributed by atoms with van der Waals surface area (Å²) >= 11 is 0. The molecule has 1 heterocycles. The number of ether oxygens (including phenoxy) is 1. The highest BCUT2D eigenvalue weighted by Crippen LogP contribution is 2.28. The lowest BCUT2D eigenvalue weighted by molar-refractivity contribution is 0.392. The molecule has 0 amide bonds. The standard InChI is InChI=1S/C14H18N2O2/c1-10-12(11(2)18-15-10)9-16(3)13-7-5-6-8-14(13)17-4/h5-8H,9H2,1-4H3. The van der Waals surface area contributed by atoms with Gasteiger partial charge in [0, 0.05) is 19.2 Å². The van der Waals surface area contributed by atoms with Crippen molar-refractivity contribution < 1.29 is 9.26 Å². The molecular formula is C14H18N2O2. The topological polar surface area (TPSA) is 38.5 Å². The average molecular weight is 246 g/mol. The van der Waals surface area contributed by atoms with Crippen molar-refractivity contribution in [1.29, 1.82) is 0 Å². The Kier molecular flexibility index (Phi) is 3.55. The van der Waals surface area contributed by atoms with Crippen LogP contribution in [0.2, 0.25) is 0 Å². The quantitative estimate of drug-likeness (QED) is 0.831. The van der Waals surface area contributed by atoms with Gasteiger partial charge in [-0.25, -0.2) is 0 Å². The van der Waals surface area contributed by atoms with E-state index in [0.717, 1.165) is 35.0 Å². The van der Waals surface area contributed by atoms with Gasteiger partial charge in [-0.3, -0.25) is 0 Å². The molecule has 0 bridgehead atoms. The van der Waals surface area contributed by atoms with Gasteiger partial charge < -0.3 is 14.2 Å². The van der Waals surface area contributed by atoms with Crippen LogP contribution in [-0.2, 0) is 6.54 Å². The van der Waals surface area contributed by atoms with Gasteiger partial charge in [-0.1, -0.05) is 17.3 Å². The summed E-state index contributed by atoms with van der Waals surface area (Å²) in [6.45, 7) is 4.65. The number of aromatic nitrogens is 1. The van der Waals surface area contributed by atoms with Crippen LogP contribution in [-0.4, -0.2) is 19.3 Å². The number of nitrogens with zero attached hydrogens (tertiary/aromatic N) is 2. The van der Waals surface area contributed by atoms with Crippen molar-refractivity contribution in [3.8, 4) is 5.75 Å². The molecule has 0 aliphatic rings. The number of rotatable bonds is 4. The van der Waals surface area contributed by atoms with E-state index in [9.17, 15) is 0 Å². The number of para-hydroxylation sites is 2. The maximum Gasteiger partial charge on any atom is 0.142 e. The van der Waals surface area contributed by atoms with Crippen LogP contribution < -0.4 is 9.64 Å². The van der Waals surface area contributed by atoms with E-state index in [0.29, 0.717) is 0 Å². The summed E-state index contributed by atoms with van der Waals surface area (Å²) in [6.07, 6.45) is 0. The van der Waals surface area contributed by atoms with Gasteiger partial charge in [0.05, 0.1) is 18.5 Å². The predicted molar refractivity (Wildman–Crippen MR) is 71.1 cm³/mol. The molecule has 0 N–H and O–H groups in total. The molecule has 0 aliphatic heterocycles. The number of hydrogen-bond donors (Lipinski definition) is 0. The molecule has 4 heteroatoms. The molecule has 0 saturated heterocycles. The first kappa shape index (κ1) is 12.5. The van der Waals surface area contributed by atoms with Crippen molar-refractivity contribution in [1.82, 2.24) is 5.16 Å². The maximum absolute atomic E-state index is 5.37. The zero-order valence-corrected chi connectivity index (χ0v) is 11.2. The molecule has 18 heavy (non-hydrogen) atoms. The first-order chi connectivity index (χ1) is 8.63. The first-order valence-electron chi connectivity index (χ1n) is 5.89.